The third-order valence-electron chi connectivity index (χ3n) is 13.4. The number of carbonyl (C=O) groups excluding carboxylic acids is 1. The molecule has 0 spiro atoms. The number of hydrogen-bond acceptors (Lipinski definition) is 10. The van der Waals surface area contributed by atoms with Gasteiger partial charge in [-0.15, -0.1) is 18.3 Å². The number of allylic oxidation sites excluding steroid dienone is 1. The van der Waals surface area contributed by atoms with Crippen molar-refractivity contribution in [2.45, 2.75) is 80.7 Å². The molecule has 68 heavy (non-hydrogen) atoms. The van der Waals surface area contributed by atoms with Crippen LogP contribution in [0, 0.1) is 34.9 Å². The van der Waals surface area contributed by atoms with Crippen molar-refractivity contribution in [2.75, 3.05) is 26.1 Å². The first-order valence-corrected chi connectivity index (χ1v) is 24.6. The lowest BCUT2D eigenvalue weighted by atomic mass is 9.55. The molecule has 12 heteroatoms. The van der Waals surface area contributed by atoms with E-state index in [2.05, 4.69) is 24.8 Å². The summed E-state index contributed by atoms with van der Waals surface area (Å²) in [6.07, 6.45) is 10.6. The van der Waals surface area contributed by atoms with Gasteiger partial charge in [0.25, 0.3) is 5.91 Å². The Morgan fingerprint density at radius 2 is 1.65 bits per heavy atom. The molecule has 5 aromatic carbocycles. The van der Waals surface area contributed by atoms with Gasteiger partial charge in [-0.1, -0.05) is 72.6 Å². The van der Waals surface area contributed by atoms with Crippen molar-refractivity contribution < 1.29 is 38.4 Å². The highest BCUT2D eigenvalue weighted by atomic mass is 32.2. The molecule has 0 bridgehead atoms. The third-order valence-corrected chi connectivity index (χ3v) is 14.1. The number of oxime groups is 1. The topological polar surface area (TPSA) is 134 Å². The Balaban J connectivity index is 1.36. The minimum atomic E-state index is -1.54. The second-order valence-corrected chi connectivity index (χ2v) is 18.4. The van der Waals surface area contributed by atoms with Gasteiger partial charge in [-0.2, -0.15) is 5.26 Å². The Kier molecular flexibility index (Phi) is 16.1. The first kappa shape index (κ1) is 48.2. The number of fused-ring (bicyclic) bond motifs is 2. The smallest absolute Gasteiger partial charge is 0.254 e. The second-order valence-electron chi connectivity index (χ2n) is 17.6. The minimum absolute atomic E-state index is 0.00975. The Labute approximate surface area is 402 Å². The Morgan fingerprint density at radius 3 is 2.34 bits per heavy atom. The van der Waals surface area contributed by atoms with Crippen LogP contribution in [0.15, 0.2) is 156 Å². The van der Waals surface area contributed by atoms with Gasteiger partial charge in [0.05, 0.1) is 29.9 Å². The molecule has 3 aliphatic rings. The number of carbonyl (C=O) groups is 1. The van der Waals surface area contributed by atoms with Crippen LogP contribution < -0.4 is 9.47 Å². The van der Waals surface area contributed by atoms with Crippen molar-refractivity contribution in [3.05, 3.63) is 179 Å². The molecule has 2 aliphatic carbocycles. The number of benzene rings is 5. The van der Waals surface area contributed by atoms with Gasteiger partial charge in [0.1, 0.15) is 35.7 Å². The van der Waals surface area contributed by atoms with E-state index in [0.29, 0.717) is 52.5 Å². The maximum absolute atomic E-state index is 15.4. The van der Waals surface area contributed by atoms with Crippen molar-refractivity contribution in [2.24, 2.45) is 22.9 Å². The average molecular weight is 936 g/mol. The molecule has 1 aliphatic heterocycles. The number of rotatable bonds is 21. The van der Waals surface area contributed by atoms with Crippen LogP contribution in [0.4, 0.5) is 4.39 Å². The van der Waals surface area contributed by atoms with Crippen LogP contribution in [0.3, 0.4) is 0 Å². The predicted octanol–water partition coefficient (Wildman–Crippen LogP) is 11.4. The quantitative estimate of drug-likeness (QED) is 0.0319. The molecule has 0 radical (unpaired) electrons. The molecule has 5 aromatic rings. The van der Waals surface area contributed by atoms with Crippen molar-refractivity contribution >= 4 is 23.4 Å². The summed E-state index contributed by atoms with van der Waals surface area (Å²) in [5.74, 6) is -1.23. The van der Waals surface area contributed by atoms with Gasteiger partial charge in [-0.05, 0) is 139 Å². The van der Waals surface area contributed by atoms with E-state index in [1.54, 1.807) is 59.1 Å². The van der Waals surface area contributed by atoms with Gasteiger partial charge in [0.2, 0.25) is 5.79 Å². The zero-order chi connectivity index (χ0) is 47.5. The maximum atomic E-state index is 15.4. The van der Waals surface area contributed by atoms with Crippen LogP contribution in [0.25, 0.3) is 0 Å². The summed E-state index contributed by atoms with van der Waals surface area (Å²) in [4.78, 5) is 24.5. The molecule has 352 valence electrons. The Hall–Kier alpha value is -6.23. The Morgan fingerprint density at radius 1 is 0.926 bits per heavy atom. The summed E-state index contributed by atoms with van der Waals surface area (Å²) in [5, 5.41) is 34.7. The zero-order valence-corrected chi connectivity index (χ0v) is 39.2. The largest absolute Gasteiger partial charge is 0.459 e. The SMILES string of the molecule is C=CCO[C@@]12Oc3ccc(Oc4ccc(SC)cc4)cc3[C@H]3[C@H](CCCCO)[C@@H](CCCCO)C=C(C(=NOCc4ccccc4)C[C@@H]1N(Cc1ccc(F)cc1)C(=O)c1ccc(C#N)cc1)[C@H]32. The molecule has 1 amide bonds. The molecule has 0 unspecified atom stereocenters. The number of thioether (sulfide) groups is 1. The van der Waals surface area contributed by atoms with Crippen molar-refractivity contribution in [3.63, 3.8) is 0 Å². The summed E-state index contributed by atoms with van der Waals surface area (Å²) < 4.78 is 35.7. The lowest BCUT2D eigenvalue weighted by Gasteiger charge is -2.60. The van der Waals surface area contributed by atoms with Gasteiger partial charge in [0.15, 0.2) is 0 Å². The van der Waals surface area contributed by atoms with E-state index in [1.165, 1.54) is 12.1 Å². The number of ether oxygens (including phenoxy) is 3. The number of halogens is 1. The first-order valence-electron chi connectivity index (χ1n) is 23.4. The van der Waals surface area contributed by atoms with Crippen molar-refractivity contribution in [3.8, 4) is 23.3 Å². The molecule has 1 saturated carbocycles. The highest BCUT2D eigenvalue weighted by Gasteiger charge is 2.65. The van der Waals surface area contributed by atoms with E-state index < -0.39 is 23.6 Å². The molecular weight excluding hydrogens is 878 g/mol. The predicted molar refractivity (Wildman–Crippen MR) is 262 cm³/mol. The molecule has 10 nitrogen and oxygen atoms in total. The Bertz CT molecular complexity index is 2600. The van der Waals surface area contributed by atoms with E-state index in [0.717, 1.165) is 47.3 Å². The highest BCUT2D eigenvalue weighted by Crippen LogP contribution is 2.62. The molecule has 1 heterocycles. The number of nitriles is 1. The van der Waals surface area contributed by atoms with Crippen molar-refractivity contribution in [1.29, 1.82) is 5.26 Å². The van der Waals surface area contributed by atoms with Crippen LogP contribution in [-0.2, 0) is 22.7 Å². The molecule has 8 rings (SSSR count). The van der Waals surface area contributed by atoms with E-state index in [-0.39, 0.29) is 63.1 Å². The second kappa shape index (κ2) is 22.7. The molecule has 2 N–H and O–H groups in total. The number of amides is 1. The summed E-state index contributed by atoms with van der Waals surface area (Å²) >= 11 is 1.66. The summed E-state index contributed by atoms with van der Waals surface area (Å²) in [6.45, 7) is 4.55. The average Bonchev–Trinajstić information content (AvgIpc) is 3.37. The molecule has 1 fully saturated rings. The normalized spacial score (nSPS) is 21.9. The van der Waals surface area contributed by atoms with Gasteiger partial charge in [-0.3, -0.25) is 4.79 Å². The maximum Gasteiger partial charge on any atom is 0.254 e. The van der Waals surface area contributed by atoms with Crippen molar-refractivity contribution in [1.82, 2.24) is 4.90 Å². The van der Waals surface area contributed by atoms with E-state index in [4.69, 9.17) is 24.2 Å². The zero-order valence-electron chi connectivity index (χ0n) is 38.3. The van der Waals surface area contributed by atoms with Crippen LogP contribution in [0.1, 0.15) is 83.5 Å². The monoisotopic (exact) mass is 935 g/mol. The van der Waals surface area contributed by atoms with Gasteiger partial charge in [0, 0.05) is 48.1 Å². The lowest BCUT2D eigenvalue weighted by molar-refractivity contribution is -0.255. The van der Waals surface area contributed by atoms with E-state index in [1.807, 2.05) is 73.0 Å². The van der Waals surface area contributed by atoms with Gasteiger partial charge in [-0.25, -0.2) is 4.39 Å². The van der Waals surface area contributed by atoms with E-state index in [9.17, 15) is 19.9 Å². The molecule has 6 atom stereocenters. The fraction of sp³-hybridized carbons (Fsp3) is 0.339. The number of aliphatic hydroxyl groups excluding tert-OH is 2. The number of nitrogens with zero attached hydrogens (tertiary/aromatic N) is 3. The van der Waals surface area contributed by atoms with E-state index >= 15 is 4.79 Å². The van der Waals surface area contributed by atoms with Crippen LogP contribution >= 0.6 is 11.8 Å². The minimum Gasteiger partial charge on any atom is -0.459 e. The molecular formula is C56H58FN3O7S. The third kappa shape index (κ3) is 10.7. The van der Waals surface area contributed by atoms with Crippen LogP contribution in [0.2, 0.25) is 0 Å². The molecule has 0 aromatic heterocycles. The van der Waals surface area contributed by atoms with Crippen LogP contribution in [-0.4, -0.2) is 64.6 Å². The lowest BCUT2D eigenvalue weighted by Crippen LogP contribution is -2.70. The fourth-order valence-electron chi connectivity index (χ4n) is 10.2. The fourth-order valence-corrected chi connectivity index (χ4v) is 10.6. The number of aliphatic hydroxyl groups is 2. The number of hydrogen-bond donors (Lipinski definition) is 2. The number of unbranched alkanes of at least 4 members (excludes halogenated alkanes) is 2. The van der Waals surface area contributed by atoms with Crippen LogP contribution in [0.5, 0.6) is 17.2 Å². The van der Waals surface area contributed by atoms with Gasteiger partial charge < -0.3 is 34.2 Å². The standard InChI is InChI=1S/C56H58FN3O7S/c1-3-31-64-56-52(60(36-39-17-21-43(57)22-18-39)55(63)41-19-15-38(35-58)16-20-41)34-50(59-65-37-40-11-5-4-6-12-40)48-32-42(13-7-9-29-61)47(14-8-10-30-62)53(54(48)56)49-33-45(25-28-51(49)67-56)66-44-23-26-46(68-2)27-24-44/h3-6,11-12,15-28,32-33,42,47,52-54,61-62H,1,7-10,13-14,29-31,34,36-37H2,2H3/t42-,47+,52-,53+,54+,56+/m0/s1. The summed E-state index contributed by atoms with van der Waals surface area (Å²) in [6, 6.07) is 37.6. The highest BCUT2D eigenvalue weighted by molar-refractivity contribution is 7.98. The van der Waals surface area contributed by atoms with Gasteiger partial charge >= 0.3 is 0 Å². The summed E-state index contributed by atoms with van der Waals surface area (Å²) in [7, 11) is 0. The first-order chi connectivity index (χ1) is 33.3. The summed E-state index contributed by atoms with van der Waals surface area (Å²) in [5.41, 5.74) is 4.84. The molecule has 0 saturated heterocycles.